The molecule has 5 nitrogen and oxygen atoms in total. The molecule has 0 N–H and O–H groups in total. The number of unbranched alkanes of at least 4 members (excludes halogenated alkanes) is 2. The van der Waals surface area contributed by atoms with E-state index in [1.165, 1.54) is 45.2 Å². The number of carbonyl (C=O) groups excluding carboxylic acids is 1. The lowest BCUT2D eigenvalue weighted by Gasteiger charge is -2.26. The maximum atomic E-state index is 12.4. The minimum atomic E-state index is -0.184. The lowest BCUT2D eigenvalue weighted by Crippen LogP contribution is -3.00. The quantitative estimate of drug-likeness (QED) is 0.0668. The molecular weight excluding hydrogens is 685 g/mol. The normalized spacial score (nSPS) is 18.6. The summed E-state index contributed by atoms with van der Waals surface area (Å²) in [4.78, 5) is 17.0. The van der Waals surface area contributed by atoms with Crippen LogP contribution in [0.15, 0.2) is 113 Å². The lowest BCUT2D eigenvalue weighted by molar-refractivity contribution is -0.401. The van der Waals surface area contributed by atoms with Crippen molar-refractivity contribution in [3.05, 3.63) is 124 Å². The number of hydrogen-bond acceptors (Lipinski definition) is 4. The van der Waals surface area contributed by atoms with Crippen LogP contribution in [0, 0.1) is 5.92 Å². The summed E-state index contributed by atoms with van der Waals surface area (Å²) in [6, 6.07) is 24.8. The molecule has 0 spiro atoms. The first-order chi connectivity index (χ1) is 24.4. The zero-order valence-corrected chi connectivity index (χ0v) is 33.3. The van der Waals surface area contributed by atoms with Crippen molar-refractivity contribution in [2.45, 2.75) is 83.5 Å². The maximum absolute atomic E-state index is 12.4. The Morgan fingerprint density at radius 1 is 0.962 bits per heavy atom. The Morgan fingerprint density at radius 2 is 1.69 bits per heavy atom. The van der Waals surface area contributed by atoms with Gasteiger partial charge in [-0.3, -0.25) is 4.79 Å². The number of para-hydroxylation sites is 2. The van der Waals surface area contributed by atoms with Gasteiger partial charge in [0.2, 0.25) is 5.69 Å². The van der Waals surface area contributed by atoms with Crippen molar-refractivity contribution in [2.24, 2.45) is 5.92 Å². The number of fused-ring (bicyclic) bond motifs is 2. The molecule has 0 fully saturated rings. The fourth-order valence-corrected chi connectivity index (χ4v) is 8.31. The van der Waals surface area contributed by atoms with E-state index in [1.54, 1.807) is 0 Å². The molecule has 0 amide bonds. The topological polar surface area (TPSA) is 35.8 Å². The average molecular weight is 739 g/mol. The smallest absolute Gasteiger partial charge is 0.311 e. The number of anilines is 2. The van der Waals surface area contributed by atoms with Gasteiger partial charge in [0.25, 0.3) is 0 Å². The molecule has 0 aromatic heterocycles. The van der Waals surface area contributed by atoms with Gasteiger partial charge < -0.3 is 26.9 Å². The van der Waals surface area contributed by atoms with E-state index < -0.39 is 0 Å². The van der Waals surface area contributed by atoms with Crippen LogP contribution in [0.3, 0.4) is 0 Å². The van der Waals surface area contributed by atoms with Gasteiger partial charge >= 0.3 is 5.97 Å². The number of nitrogens with zero attached hydrogens (tertiary/aromatic N) is 3. The van der Waals surface area contributed by atoms with Gasteiger partial charge in [-0.25, -0.2) is 0 Å². The first kappa shape index (κ1) is 39.2. The summed E-state index contributed by atoms with van der Waals surface area (Å²) in [5, 5.41) is 0.930. The SMILES string of the molecule is CN(C)c1ccc2c(c1)C(C)(C)C(/C=C/C1=C(Cl)C(C=C=C3N(CCCCCC(=O)Oc4ccccc4)c4ccccc4C3(C)C)CCC1)=[N+]2C.[Cl-]. The van der Waals surface area contributed by atoms with Gasteiger partial charge in [-0.15, -0.1) is 5.73 Å². The van der Waals surface area contributed by atoms with Crippen molar-refractivity contribution in [3.8, 4) is 5.75 Å². The van der Waals surface area contributed by atoms with Crippen LogP contribution in [-0.2, 0) is 15.6 Å². The molecule has 1 unspecified atom stereocenters. The van der Waals surface area contributed by atoms with Gasteiger partial charge in [0.15, 0.2) is 5.71 Å². The predicted molar refractivity (Wildman–Crippen MR) is 213 cm³/mol. The highest BCUT2D eigenvalue weighted by Gasteiger charge is 2.43. The van der Waals surface area contributed by atoms with E-state index in [0.29, 0.717) is 12.2 Å². The van der Waals surface area contributed by atoms with E-state index in [2.05, 4.69) is 130 Å². The summed E-state index contributed by atoms with van der Waals surface area (Å²) >= 11 is 7.23. The number of benzene rings is 3. The maximum Gasteiger partial charge on any atom is 0.311 e. The van der Waals surface area contributed by atoms with E-state index in [-0.39, 0.29) is 35.1 Å². The van der Waals surface area contributed by atoms with Gasteiger partial charge in [-0.1, -0.05) is 60.5 Å². The second-order valence-corrected chi connectivity index (χ2v) is 15.8. The Balaban J connectivity index is 0.00000523. The van der Waals surface area contributed by atoms with E-state index in [9.17, 15) is 4.79 Å². The van der Waals surface area contributed by atoms with Crippen LogP contribution >= 0.6 is 11.6 Å². The summed E-state index contributed by atoms with van der Waals surface area (Å²) in [7, 11) is 6.36. The third-order valence-electron chi connectivity index (χ3n) is 11.0. The molecule has 3 aliphatic rings. The number of halogens is 2. The minimum absolute atomic E-state index is 0. The molecule has 0 saturated carbocycles. The number of esters is 1. The zero-order valence-electron chi connectivity index (χ0n) is 31.8. The largest absolute Gasteiger partial charge is 1.00 e. The fourth-order valence-electron chi connectivity index (χ4n) is 7.98. The summed E-state index contributed by atoms with van der Waals surface area (Å²) in [5.41, 5.74) is 13.6. The molecule has 2 aliphatic heterocycles. The number of ether oxygens (including phenoxy) is 1. The predicted octanol–water partition coefficient (Wildman–Crippen LogP) is 7.61. The molecular formula is C45H53Cl2N3O2. The Morgan fingerprint density at radius 3 is 2.44 bits per heavy atom. The molecule has 0 radical (unpaired) electrons. The number of carbonyl (C=O) groups is 1. The van der Waals surface area contributed by atoms with Crippen molar-refractivity contribution < 1.29 is 26.5 Å². The summed E-state index contributed by atoms with van der Waals surface area (Å²) < 4.78 is 7.81. The number of hydrogen-bond donors (Lipinski definition) is 0. The second-order valence-electron chi connectivity index (χ2n) is 15.4. The van der Waals surface area contributed by atoms with Gasteiger partial charge in [0.05, 0.1) is 11.1 Å². The summed E-state index contributed by atoms with van der Waals surface area (Å²) in [5.74, 6) is 0.555. The molecule has 52 heavy (non-hydrogen) atoms. The minimum Gasteiger partial charge on any atom is -1.00 e. The van der Waals surface area contributed by atoms with Crippen molar-refractivity contribution in [2.75, 3.05) is 37.5 Å². The molecule has 3 aromatic carbocycles. The third-order valence-corrected chi connectivity index (χ3v) is 11.5. The highest BCUT2D eigenvalue weighted by atomic mass is 35.5. The Hall–Kier alpha value is -4.02. The molecule has 1 atom stereocenters. The average Bonchev–Trinajstić information content (AvgIpc) is 3.44. The summed E-state index contributed by atoms with van der Waals surface area (Å²) in [6.45, 7) is 10.1. The van der Waals surface area contributed by atoms with Crippen LogP contribution in [0.1, 0.15) is 83.8 Å². The van der Waals surface area contributed by atoms with Crippen LogP contribution in [0.2, 0.25) is 0 Å². The fraction of sp³-hybridized carbons (Fsp3) is 0.400. The molecule has 0 bridgehead atoms. The monoisotopic (exact) mass is 737 g/mol. The summed E-state index contributed by atoms with van der Waals surface area (Å²) in [6.07, 6.45) is 13.0. The molecule has 0 saturated heterocycles. The van der Waals surface area contributed by atoms with Crippen molar-refractivity contribution in [3.63, 3.8) is 0 Å². The highest BCUT2D eigenvalue weighted by Crippen LogP contribution is 2.48. The van der Waals surface area contributed by atoms with Gasteiger partial charge in [0, 0.05) is 72.5 Å². The van der Waals surface area contributed by atoms with Crippen LogP contribution < -0.4 is 26.9 Å². The van der Waals surface area contributed by atoms with Crippen LogP contribution in [0.5, 0.6) is 5.75 Å². The van der Waals surface area contributed by atoms with E-state index in [1.807, 2.05) is 30.3 Å². The highest BCUT2D eigenvalue weighted by molar-refractivity contribution is 6.30. The first-order valence-electron chi connectivity index (χ1n) is 18.5. The van der Waals surface area contributed by atoms with Crippen molar-refractivity contribution in [1.82, 2.24) is 0 Å². The van der Waals surface area contributed by atoms with Gasteiger partial charge in [-0.05, 0) is 107 Å². The standard InChI is InChI=1S/C45H53ClN3O2.ClH/c1-44(2)36-21-13-14-22-39(36)49(30-15-9-12-23-42(50)51-35-19-10-8-11-20-35)41(44)29-25-33-18-16-17-32(43(33)46)24-28-40-45(3,4)37-31-34(47(5)6)26-27-38(37)48(40)7;/h8,10-11,13-14,19-22,24-28,31,33H,9,12,15-18,23,30H2,1-7H3;1H/q+1;/p-1/b28-24+;. The molecule has 3 aromatic rings. The van der Waals surface area contributed by atoms with Gasteiger partial charge in [0.1, 0.15) is 12.8 Å². The molecule has 7 heteroatoms. The van der Waals surface area contributed by atoms with E-state index >= 15 is 0 Å². The third kappa shape index (κ3) is 7.98. The Labute approximate surface area is 322 Å². The van der Waals surface area contributed by atoms with Crippen LogP contribution in [0.4, 0.5) is 17.1 Å². The Bertz CT molecular complexity index is 1950. The van der Waals surface area contributed by atoms with Crippen LogP contribution in [-0.4, -0.2) is 43.9 Å². The van der Waals surface area contributed by atoms with Crippen molar-refractivity contribution in [1.29, 1.82) is 0 Å². The first-order valence-corrected chi connectivity index (χ1v) is 18.9. The molecule has 1 aliphatic carbocycles. The molecule has 274 valence electrons. The van der Waals surface area contributed by atoms with E-state index in [4.69, 9.17) is 16.3 Å². The number of allylic oxidation sites excluding steroid dienone is 5. The van der Waals surface area contributed by atoms with Crippen molar-refractivity contribution >= 4 is 40.3 Å². The van der Waals surface area contributed by atoms with E-state index in [0.717, 1.165) is 50.1 Å². The second kappa shape index (κ2) is 16.3. The molecule has 6 rings (SSSR count). The lowest BCUT2D eigenvalue weighted by atomic mass is 9.80. The molecule has 2 heterocycles. The Kier molecular flexibility index (Phi) is 12.3. The zero-order chi connectivity index (χ0) is 36.3. The van der Waals surface area contributed by atoms with Gasteiger partial charge in [-0.2, -0.15) is 4.58 Å². The number of rotatable bonds is 11. The van der Waals surface area contributed by atoms with Crippen LogP contribution in [0.25, 0.3) is 0 Å².